The quantitative estimate of drug-likeness (QED) is 0.445. The number of ether oxygens (including phenoxy) is 4. The molecule has 0 aliphatic carbocycles. The molecule has 2 aromatic rings. The number of hydrogen-bond acceptors (Lipinski definition) is 8. The largest absolute Gasteiger partial charge is 0.493 e. The van der Waals surface area contributed by atoms with Crippen LogP contribution < -0.4 is 14.8 Å². The Labute approximate surface area is 246 Å². The van der Waals surface area contributed by atoms with E-state index in [1.807, 2.05) is 18.2 Å². The maximum atomic E-state index is 13.7. The van der Waals surface area contributed by atoms with E-state index in [1.165, 1.54) is 6.92 Å². The number of rotatable bonds is 9. The van der Waals surface area contributed by atoms with Crippen molar-refractivity contribution in [3.05, 3.63) is 53.6 Å². The Kier molecular flexibility index (Phi) is 9.40. The molecule has 4 rings (SSSR count). The lowest BCUT2D eigenvalue weighted by atomic mass is 10.0. The van der Waals surface area contributed by atoms with E-state index in [2.05, 4.69) is 5.32 Å². The van der Waals surface area contributed by atoms with Crippen molar-refractivity contribution in [3.8, 4) is 11.5 Å². The van der Waals surface area contributed by atoms with Gasteiger partial charge in [-0.05, 0) is 76.1 Å². The summed E-state index contributed by atoms with van der Waals surface area (Å²) in [6.07, 6.45) is -1.66. The van der Waals surface area contributed by atoms with Crippen LogP contribution >= 0.6 is 0 Å². The summed E-state index contributed by atoms with van der Waals surface area (Å²) in [4.78, 5) is 54.4. The van der Waals surface area contributed by atoms with Crippen molar-refractivity contribution >= 4 is 29.4 Å². The molecule has 2 aromatic carbocycles. The zero-order valence-electron chi connectivity index (χ0n) is 25.0. The minimum Gasteiger partial charge on any atom is -0.493 e. The maximum absolute atomic E-state index is 13.7. The Morgan fingerprint density at radius 2 is 1.69 bits per heavy atom. The summed E-state index contributed by atoms with van der Waals surface area (Å²) in [6, 6.07) is 11.7. The van der Waals surface area contributed by atoms with Gasteiger partial charge in [0.05, 0.1) is 39.3 Å². The molecule has 0 spiro atoms. The number of fused-ring (bicyclic) bond motifs is 1. The van der Waals surface area contributed by atoms with Crippen LogP contribution in [0.25, 0.3) is 0 Å². The fourth-order valence-electron chi connectivity index (χ4n) is 5.15. The molecule has 2 aliphatic heterocycles. The summed E-state index contributed by atoms with van der Waals surface area (Å²) < 4.78 is 22.5. The van der Waals surface area contributed by atoms with Gasteiger partial charge in [0.2, 0.25) is 5.91 Å². The SMILES string of the molecule is COc1ccc(CCN2C(=O)C(CC(=O)Nc3ccc(C(C)=O)cc3)OC3CN(C(=O)OC(C)(C)C)CC32)cc1OC. The highest BCUT2D eigenvalue weighted by Gasteiger charge is 2.49. The highest BCUT2D eigenvalue weighted by atomic mass is 16.6. The molecule has 2 aliphatic rings. The van der Waals surface area contributed by atoms with Gasteiger partial charge >= 0.3 is 6.09 Å². The standard InChI is InChI=1S/C31H39N3O8/c1-19(35)21-8-10-22(11-9-21)32-28(36)16-26-29(37)34(14-13-20-7-12-24(39-5)25(15-20)40-6)23-17-33(18-27(23)41-26)30(38)42-31(2,3)4/h7-12,15,23,26-27H,13-14,16-18H2,1-6H3,(H,32,36). The number of anilines is 1. The van der Waals surface area contributed by atoms with Crippen LogP contribution in [-0.4, -0.2) is 91.2 Å². The summed E-state index contributed by atoms with van der Waals surface area (Å²) in [5.74, 6) is 0.404. The number of carbonyl (C=O) groups excluding carboxylic acids is 4. The van der Waals surface area contributed by atoms with Crippen LogP contribution in [0, 0.1) is 0 Å². The molecular formula is C31H39N3O8. The first-order chi connectivity index (χ1) is 19.9. The molecule has 0 aromatic heterocycles. The second-order valence-corrected chi connectivity index (χ2v) is 11.5. The zero-order valence-corrected chi connectivity index (χ0v) is 25.0. The molecule has 0 radical (unpaired) electrons. The lowest BCUT2D eigenvalue weighted by Gasteiger charge is -2.40. The third-order valence-electron chi connectivity index (χ3n) is 7.22. The second kappa shape index (κ2) is 12.8. The molecule has 2 heterocycles. The number of hydrogen-bond donors (Lipinski definition) is 1. The van der Waals surface area contributed by atoms with Gasteiger partial charge in [-0.2, -0.15) is 0 Å². The van der Waals surface area contributed by atoms with Crippen LogP contribution in [0.5, 0.6) is 11.5 Å². The van der Waals surface area contributed by atoms with Crippen LogP contribution in [0.1, 0.15) is 50.0 Å². The first-order valence-electron chi connectivity index (χ1n) is 13.9. The minimum absolute atomic E-state index is 0.0752. The van der Waals surface area contributed by atoms with Gasteiger partial charge in [0, 0.05) is 24.3 Å². The molecule has 0 bridgehead atoms. The van der Waals surface area contributed by atoms with Crippen LogP contribution in [0.4, 0.5) is 10.5 Å². The smallest absolute Gasteiger partial charge is 0.410 e. The number of benzene rings is 2. The molecule has 3 unspecified atom stereocenters. The maximum Gasteiger partial charge on any atom is 0.410 e. The van der Waals surface area contributed by atoms with Crippen LogP contribution in [0.3, 0.4) is 0 Å². The van der Waals surface area contributed by atoms with E-state index in [4.69, 9.17) is 18.9 Å². The van der Waals surface area contributed by atoms with Crippen LogP contribution in [-0.2, 0) is 25.5 Å². The summed E-state index contributed by atoms with van der Waals surface area (Å²) >= 11 is 0. The van der Waals surface area contributed by atoms with Gasteiger partial charge in [-0.1, -0.05) is 6.07 Å². The highest BCUT2D eigenvalue weighted by Crippen LogP contribution is 2.31. The van der Waals surface area contributed by atoms with Gasteiger partial charge in [-0.15, -0.1) is 0 Å². The van der Waals surface area contributed by atoms with E-state index >= 15 is 0 Å². The van der Waals surface area contributed by atoms with Crippen LogP contribution in [0.2, 0.25) is 0 Å². The molecule has 42 heavy (non-hydrogen) atoms. The van der Waals surface area contributed by atoms with E-state index in [9.17, 15) is 19.2 Å². The van der Waals surface area contributed by atoms with Crippen molar-refractivity contribution in [2.24, 2.45) is 0 Å². The van der Waals surface area contributed by atoms with Crippen molar-refractivity contribution in [2.75, 3.05) is 39.2 Å². The van der Waals surface area contributed by atoms with E-state index in [0.29, 0.717) is 35.7 Å². The first-order valence-corrected chi connectivity index (χ1v) is 13.9. The number of carbonyl (C=O) groups is 4. The fraction of sp³-hybridized carbons (Fsp3) is 0.484. The second-order valence-electron chi connectivity index (χ2n) is 11.5. The molecule has 11 heteroatoms. The molecule has 2 saturated heterocycles. The molecule has 3 amide bonds. The molecule has 2 fully saturated rings. The lowest BCUT2D eigenvalue weighted by Crippen LogP contribution is -2.59. The van der Waals surface area contributed by atoms with Crippen LogP contribution in [0.15, 0.2) is 42.5 Å². The Bertz CT molecular complexity index is 1320. The average Bonchev–Trinajstić information content (AvgIpc) is 3.36. The van der Waals surface area contributed by atoms with E-state index < -0.39 is 29.8 Å². The molecule has 11 nitrogen and oxygen atoms in total. The summed E-state index contributed by atoms with van der Waals surface area (Å²) in [7, 11) is 3.13. The van der Waals surface area contributed by atoms with E-state index in [1.54, 1.807) is 69.1 Å². The minimum atomic E-state index is -1.02. The monoisotopic (exact) mass is 581 g/mol. The van der Waals surface area contributed by atoms with Crippen molar-refractivity contribution in [3.63, 3.8) is 0 Å². The van der Waals surface area contributed by atoms with Gasteiger partial charge in [0.1, 0.15) is 11.7 Å². The number of ketones is 1. The predicted molar refractivity (Wildman–Crippen MR) is 155 cm³/mol. The molecular weight excluding hydrogens is 542 g/mol. The highest BCUT2D eigenvalue weighted by molar-refractivity contribution is 5.97. The molecule has 1 N–H and O–H groups in total. The number of nitrogens with one attached hydrogen (secondary N) is 1. The predicted octanol–water partition coefficient (Wildman–Crippen LogP) is 3.69. The van der Waals surface area contributed by atoms with E-state index in [0.717, 1.165) is 5.56 Å². The molecule has 3 atom stereocenters. The number of likely N-dealkylation sites (tertiary alicyclic amines) is 1. The van der Waals surface area contributed by atoms with E-state index in [-0.39, 0.29) is 37.2 Å². The Balaban J connectivity index is 1.50. The third kappa shape index (κ3) is 7.39. The Hall–Kier alpha value is -4.12. The average molecular weight is 582 g/mol. The van der Waals surface area contributed by atoms with Crippen molar-refractivity contribution in [2.45, 2.75) is 64.4 Å². The van der Waals surface area contributed by atoms with Crippen molar-refractivity contribution < 1.29 is 38.1 Å². The normalized spacial score (nSPS) is 20.1. The number of Topliss-reactive ketones (excluding diaryl/α,β-unsaturated/α-hetero) is 1. The van der Waals surface area contributed by atoms with Gasteiger partial charge < -0.3 is 34.1 Å². The fourth-order valence-corrected chi connectivity index (χ4v) is 5.15. The van der Waals surface area contributed by atoms with Gasteiger partial charge in [-0.25, -0.2) is 4.79 Å². The van der Waals surface area contributed by atoms with Gasteiger partial charge in [0.15, 0.2) is 17.3 Å². The summed E-state index contributed by atoms with van der Waals surface area (Å²) in [6.45, 7) is 7.72. The summed E-state index contributed by atoms with van der Waals surface area (Å²) in [5, 5.41) is 2.77. The number of morpholine rings is 1. The van der Waals surface area contributed by atoms with Crippen molar-refractivity contribution in [1.82, 2.24) is 9.80 Å². The lowest BCUT2D eigenvalue weighted by molar-refractivity contribution is -0.168. The number of nitrogens with zero attached hydrogens (tertiary/aromatic N) is 2. The third-order valence-corrected chi connectivity index (χ3v) is 7.22. The Morgan fingerprint density at radius 1 is 1.00 bits per heavy atom. The van der Waals surface area contributed by atoms with Gasteiger partial charge in [-0.3, -0.25) is 14.4 Å². The first kappa shape index (κ1) is 30.8. The Morgan fingerprint density at radius 3 is 2.31 bits per heavy atom. The molecule has 226 valence electrons. The van der Waals surface area contributed by atoms with Gasteiger partial charge in [0.25, 0.3) is 5.91 Å². The van der Waals surface area contributed by atoms with Crippen molar-refractivity contribution in [1.29, 1.82) is 0 Å². The number of methoxy groups -OCH3 is 2. The summed E-state index contributed by atoms with van der Waals surface area (Å²) in [5.41, 5.74) is 1.31. The molecule has 0 saturated carbocycles. The zero-order chi connectivity index (χ0) is 30.6. The topological polar surface area (TPSA) is 124 Å². The number of amides is 3.